The fourth-order valence-electron chi connectivity index (χ4n) is 2.89. The molecule has 4 heteroatoms. The van der Waals surface area contributed by atoms with Crippen LogP contribution in [-0.2, 0) is 11.3 Å². The Kier molecular flexibility index (Phi) is 4.75. The lowest BCUT2D eigenvalue weighted by atomic mass is 9.88. The van der Waals surface area contributed by atoms with Gasteiger partial charge in [-0.05, 0) is 36.9 Å². The number of aliphatic carboxylic acids is 1. The number of carbonyl (C=O) groups is 1. The highest BCUT2D eigenvalue weighted by Gasteiger charge is 2.32. The summed E-state index contributed by atoms with van der Waals surface area (Å²) in [5, 5.41) is 18.5. The molecule has 4 nitrogen and oxygen atoms in total. The minimum Gasteiger partial charge on any atom is -0.480 e. The van der Waals surface area contributed by atoms with Crippen LogP contribution < -0.4 is 0 Å². The van der Waals surface area contributed by atoms with Gasteiger partial charge in [0.15, 0.2) is 0 Å². The minimum absolute atomic E-state index is 0.430. The van der Waals surface area contributed by atoms with Gasteiger partial charge in [0.25, 0.3) is 0 Å². The topological polar surface area (TPSA) is 64.3 Å². The Hall–Kier alpha value is -1.86. The van der Waals surface area contributed by atoms with E-state index < -0.39 is 12.0 Å². The lowest BCUT2D eigenvalue weighted by Gasteiger charge is -2.37. The molecule has 2 unspecified atom stereocenters. The molecule has 1 aromatic rings. The van der Waals surface area contributed by atoms with E-state index in [0.29, 0.717) is 24.4 Å². The maximum absolute atomic E-state index is 11.5. The van der Waals surface area contributed by atoms with Gasteiger partial charge in [-0.15, -0.1) is 0 Å². The normalized spacial score (nSPS) is 23.2. The van der Waals surface area contributed by atoms with Crippen molar-refractivity contribution in [2.45, 2.75) is 38.8 Å². The molecule has 0 spiro atoms. The number of likely N-dealkylation sites (tertiary alicyclic amines) is 1. The van der Waals surface area contributed by atoms with Crippen molar-refractivity contribution in [3.63, 3.8) is 0 Å². The fraction of sp³-hybridized carbons (Fsp3) is 0.500. The quantitative estimate of drug-likeness (QED) is 0.915. The van der Waals surface area contributed by atoms with Crippen molar-refractivity contribution in [3.8, 4) is 6.07 Å². The van der Waals surface area contributed by atoms with E-state index in [1.807, 2.05) is 23.1 Å². The zero-order valence-electron chi connectivity index (χ0n) is 11.7. The number of piperidine rings is 1. The highest BCUT2D eigenvalue weighted by Crippen LogP contribution is 2.27. The summed E-state index contributed by atoms with van der Waals surface area (Å²) in [6.45, 7) is 3.44. The molecular weight excluding hydrogens is 252 g/mol. The molecule has 1 aromatic carbocycles. The van der Waals surface area contributed by atoms with Gasteiger partial charge < -0.3 is 5.11 Å². The summed E-state index contributed by atoms with van der Waals surface area (Å²) in [6, 6.07) is 9.16. The van der Waals surface area contributed by atoms with Crippen LogP contribution in [0.5, 0.6) is 0 Å². The third kappa shape index (κ3) is 3.17. The zero-order chi connectivity index (χ0) is 14.5. The van der Waals surface area contributed by atoms with Gasteiger partial charge in [0, 0.05) is 6.54 Å². The van der Waals surface area contributed by atoms with Crippen LogP contribution in [0.25, 0.3) is 0 Å². The number of carboxylic acids is 1. The van der Waals surface area contributed by atoms with Crippen molar-refractivity contribution in [1.82, 2.24) is 4.90 Å². The lowest BCUT2D eigenvalue weighted by molar-refractivity contribution is -0.145. The van der Waals surface area contributed by atoms with Gasteiger partial charge in [0.05, 0.1) is 11.6 Å². The molecule has 1 heterocycles. The number of nitrogens with zero attached hydrogens (tertiary/aromatic N) is 2. The van der Waals surface area contributed by atoms with Crippen molar-refractivity contribution in [3.05, 3.63) is 35.4 Å². The van der Waals surface area contributed by atoms with Crippen molar-refractivity contribution >= 4 is 5.97 Å². The Morgan fingerprint density at radius 2 is 2.25 bits per heavy atom. The Bertz CT molecular complexity index is 521. The summed E-state index contributed by atoms with van der Waals surface area (Å²) in [5.41, 5.74) is 1.55. The van der Waals surface area contributed by atoms with E-state index in [0.717, 1.165) is 24.9 Å². The molecule has 1 N–H and O–H groups in total. The second-order valence-electron chi connectivity index (χ2n) is 5.39. The number of benzene rings is 1. The van der Waals surface area contributed by atoms with Crippen LogP contribution in [-0.4, -0.2) is 28.6 Å². The smallest absolute Gasteiger partial charge is 0.320 e. The van der Waals surface area contributed by atoms with Gasteiger partial charge in [-0.3, -0.25) is 9.69 Å². The number of carboxylic acid groups (broad SMARTS) is 1. The standard InChI is InChI=1S/C16H20N2O2/c1-2-12-7-8-18(15(9-12)16(19)20)11-14-6-4-3-5-13(14)10-17/h3-6,12,15H,2,7-9,11H2,1H3,(H,19,20). The summed E-state index contributed by atoms with van der Waals surface area (Å²) in [7, 11) is 0. The Balaban J connectivity index is 2.15. The second-order valence-corrected chi connectivity index (χ2v) is 5.39. The second kappa shape index (κ2) is 6.53. The molecular formula is C16H20N2O2. The highest BCUT2D eigenvalue weighted by atomic mass is 16.4. The predicted octanol–water partition coefficient (Wildman–Crippen LogP) is 2.63. The molecule has 0 aromatic heterocycles. The van der Waals surface area contributed by atoms with E-state index in [1.54, 1.807) is 6.07 Å². The average Bonchev–Trinajstić information content (AvgIpc) is 2.48. The van der Waals surface area contributed by atoms with Crippen LogP contribution >= 0.6 is 0 Å². The number of hydrogen-bond donors (Lipinski definition) is 1. The van der Waals surface area contributed by atoms with Crippen LogP contribution in [0, 0.1) is 17.2 Å². The van der Waals surface area contributed by atoms with Crippen LogP contribution in [0.2, 0.25) is 0 Å². The molecule has 1 aliphatic rings. The monoisotopic (exact) mass is 272 g/mol. The van der Waals surface area contributed by atoms with Crippen molar-refractivity contribution in [1.29, 1.82) is 5.26 Å². The molecule has 1 saturated heterocycles. The third-order valence-corrected chi connectivity index (χ3v) is 4.20. The van der Waals surface area contributed by atoms with Crippen LogP contribution in [0.1, 0.15) is 37.3 Å². The predicted molar refractivity (Wildman–Crippen MR) is 76.0 cm³/mol. The van der Waals surface area contributed by atoms with E-state index in [4.69, 9.17) is 5.26 Å². The molecule has 20 heavy (non-hydrogen) atoms. The summed E-state index contributed by atoms with van der Waals surface area (Å²) in [4.78, 5) is 13.5. The molecule has 0 saturated carbocycles. The van der Waals surface area contributed by atoms with E-state index in [-0.39, 0.29) is 0 Å². The highest BCUT2D eigenvalue weighted by molar-refractivity contribution is 5.73. The number of rotatable bonds is 4. The summed E-state index contributed by atoms with van der Waals surface area (Å²) >= 11 is 0. The first-order valence-corrected chi connectivity index (χ1v) is 7.10. The first-order chi connectivity index (χ1) is 9.65. The van der Waals surface area contributed by atoms with Gasteiger partial charge in [-0.25, -0.2) is 0 Å². The Morgan fingerprint density at radius 3 is 2.90 bits per heavy atom. The van der Waals surface area contributed by atoms with Crippen LogP contribution in [0.4, 0.5) is 0 Å². The molecule has 1 fully saturated rings. The van der Waals surface area contributed by atoms with E-state index in [2.05, 4.69) is 13.0 Å². The maximum atomic E-state index is 11.5. The molecule has 106 valence electrons. The van der Waals surface area contributed by atoms with Crippen LogP contribution in [0.15, 0.2) is 24.3 Å². The molecule has 1 aliphatic heterocycles. The molecule has 0 radical (unpaired) electrons. The summed E-state index contributed by atoms with van der Waals surface area (Å²) in [5.74, 6) is -0.254. The zero-order valence-corrected chi connectivity index (χ0v) is 11.7. The van der Waals surface area contributed by atoms with Gasteiger partial charge in [-0.1, -0.05) is 31.5 Å². The first kappa shape index (κ1) is 14.5. The molecule has 0 aliphatic carbocycles. The van der Waals surface area contributed by atoms with Gasteiger partial charge in [0.1, 0.15) is 6.04 Å². The van der Waals surface area contributed by atoms with E-state index in [9.17, 15) is 9.90 Å². The van der Waals surface area contributed by atoms with Crippen LogP contribution in [0.3, 0.4) is 0 Å². The molecule has 2 rings (SSSR count). The molecule has 2 atom stereocenters. The SMILES string of the molecule is CCC1CCN(Cc2ccccc2C#N)C(C(=O)O)C1. The maximum Gasteiger partial charge on any atom is 0.320 e. The van der Waals surface area contributed by atoms with Gasteiger partial charge in [0.2, 0.25) is 0 Å². The van der Waals surface area contributed by atoms with Gasteiger partial charge in [-0.2, -0.15) is 5.26 Å². The Labute approximate surface area is 119 Å². The molecule has 0 amide bonds. The van der Waals surface area contributed by atoms with E-state index in [1.165, 1.54) is 0 Å². The Morgan fingerprint density at radius 1 is 1.50 bits per heavy atom. The van der Waals surface area contributed by atoms with Crippen molar-refractivity contribution in [2.24, 2.45) is 5.92 Å². The fourth-order valence-corrected chi connectivity index (χ4v) is 2.89. The van der Waals surface area contributed by atoms with Crippen molar-refractivity contribution in [2.75, 3.05) is 6.54 Å². The van der Waals surface area contributed by atoms with Crippen molar-refractivity contribution < 1.29 is 9.90 Å². The largest absolute Gasteiger partial charge is 0.480 e. The summed E-state index contributed by atoms with van der Waals surface area (Å²) in [6.07, 6.45) is 2.78. The first-order valence-electron chi connectivity index (χ1n) is 7.10. The lowest BCUT2D eigenvalue weighted by Crippen LogP contribution is -2.46. The average molecular weight is 272 g/mol. The number of hydrogen-bond acceptors (Lipinski definition) is 3. The third-order valence-electron chi connectivity index (χ3n) is 4.20. The van der Waals surface area contributed by atoms with Gasteiger partial charge >= 0.3 is 5.97 Å². The van der Waals surface area contributed by atoms with E-state index >= 15 is 0 Å². The minimum atomic E-state index is -0.752. The summed E-state index contributed by atoms with van der Waals surface area (Å²) < 4.78 is 0. The molecule has 0 bridgehead atoms. The number of nitriles is 1.